The quantitative estimate of drug-likeness (QED) is 0.683. The topological polar surface area (TPSA) is 51.0 Å². The molecule has 3 aromatic rings. The summed E-state index contributed by atoms with van der Waals surface area (Å²) in [4.78, 5) is 14.5. The maximum absolute atomic E-state index is 13.9. The van der Waals surface area contributed by atoms with Gasteiger partial charge in [-0.1, -0.05) is 36.4 Å². The van der Waals surface area contributed by atoms with Gasteiger partial charge in [0.15, 0.2) is 0 Å². The number of rotatable bonds is 5. The van der Waals surface area contributed by atoms with Crippen LogP contribution in [0, 0.1) is 11.7 Å². The molecule has 2 heterocycles. The van der Waals surface area contributed by atoms with Crippen molar-refractivity contribution >= 4 is 5.91 Å². The highest BCUT2D eigenvalue weighted by molar-refractivity contribution is 5.79. The molecular weight excluding hydrogens is 355 g/mol. The smallest absolute Gasteiger partial charge is 0.227 e. The molecule has 6 heteroatoms. The van der Waals surface area contributed by atoms with E-state index in [1.165, 1.54) is 6.07 Å². The second kappa shape index (κ2) is 8.33. The molecule has 1 aromatic heterocycles. The van der Waals surface area contributed by atoms with E-state index in [1.807, 2.05) is 39.8 Å². The molecule has 1 aliphatic heterocycles. The Bertz CT molecular complexity index is 940. The molecule has 0 bridgehead atoms. The SMILES string of the molecule is O=C(Cc1ccccc1F)N1CCCC(Cc2nncn2-c2ccccc2)C1. The second-order valence-electron chi connectivity index (χ2n) is 7.27. The number of hydrogen-bond acceptors (Lipinski definition) is 3. The number of aromatic nitrogens is 3. The van der Waals surface area contributed by atoms with Gasteiger partial charge < -0.3 is 4.90 Å². The Hall–Kier alpha value is -3.02. The molecule has 0 saturated carbocycles. The van der Waals surface area contributed by atoms with Crippen molar-refractivity contribution in [3.63, 3.8) is 0 Å². The van der Waals surface area contributed by atoms with Crippen molar-refractivity contribution in [2.24, 2.45) is 5.92 Å². The summed E-state index contributed by atoms with van der Waals surface area (Å²) in [7, 11) is 0. The summed E-state index contributed by atoms with van der Waals surface area (Å²) in [5.74, 6) is 0.893. The first-order valence-corrected chi connectivity index (χ1v) is 9.66. The summed E-state index contributed by atoms with van der Waals surface area (Å²) in [6.07, 6.45) is 4.60. The van der Waals surface area contributed by atoms with Crippen LogP contribution < -0.4 is 0 Å². The molecule has 2 aromatic carbocycles. The number of carbonyl (C=O) groups excluding carboxylic acids is 1. The number of halogens is 1. The van der Waals surface area contributed by atoms with E-state index in [4.69, 9.17) is 0 Å². The van der Waals surface area contributed by atoms with Gasteiger partial charge in [0.05, 0.1) is 6.42 Å². The normalized spacial score (nSPS) is 16.9. The maximum atomic E-state index is 13.9. The third-order valence-corrected chi connectivity index (χ3v) is 5.30. The van der Waals surface area contributed by atoms with E-state index < -0.39 is 0 Å². The third kappa shape index (κ3) is 4.11. The number of carbonyl (C=O) groups is 1. The van der Waals surface area contributed by atoms with Gasteiger partial charge in [0.25, 0.3) is 0 Å². The first-order chi connectivity index (χ1) is 13.7. The Morgan fingerprint density at radius 1 is 1.11 bits per heavy atom. The fourth-order valence-electron chi connectivity index (χ4n) is 3.84. The molecule has 0 radical (unpaired) electrons. The Morgan fingerprint density at radius 2 is 1.89 bits per heavy atom. The minimum absolute atomic E-state index is 0.0145. The number of likely N-dealkylation sites (tertiary alicyclic amines) is 1. The zero-order valence-electron chi connectivity index (χ0n) is 15.7. The number of amides is 1. The van der Waals surface area contributed by atoms with E-state index in [0.717, 1.165) is 37.3 Å². The van der Waals surface area contributed by atoms with Gasteiger partial charge in [0.1, 0.15) is 18.0 Å². The average Bonchev–Trinajstić information content (AvgIpc) is 3.18. The zero-order valence-corrected chi connectivity index (χ0v) is 15.7. The van der Waals surface area contributed by atoms with Gasteiger partial charge >= 0.3 is 0 Å². The standard InChI is InChI=1S/C22H23FN4O/c23-20-11-5-4-8-18(20)14-22(28)26-12-6-7-17(15-26)13-21-25-24-16-27(21)19-9-2-1-3-10-19/h1-5,8-11,16-17H,6-7,12-15H2. The van der Waals surface area contributed by atoms with Crippen molar-refractivity contribution in [2.75, 3.05) is 13.1 Å². The lowest BCUT2D eigenvalue weighted by Gasteiger charge is -2.32. The van der Waals surface area contributed by atoms with Crippen LogP contribution in [0.15, 0.2) is 60.9 Å². The lowest BCUT2D eigenvalue weighted by atomic mass is 9.94. The maximum Gasteiger partial charge on any atom is 0.227 e. The molecular formula is C22H23FN4O. The van der Waals surface area contributed by atoms with Crippen molar-refractivity contribution < 1.29 is 9.18 Å². The van der Waals surface area contributed by atoms with Crippen molar-refractivity contribution in [1.29, 1.82) is 0 Å². The summed E-state index contributed by atoms with van der Waals surface area (Å²) < 4.78 is 15.9. The molecule has 1 aliphatic rings. The number of nitrogens with zero attached hydrogens (tertiary/aromatic N) is 4. The van der Waals surface area contributed by atoms with E-state index in [0.29, 0.717) is 18.0 Å². The molecule has 0 N–H and O–H groups in total. The highest BCUT2D eigenvalue weighted by Gasteiger charge is 2.25. The zero-order chi connectivity index (χ0) is 19.3. The van der Waals surface area contributed by atoms with Gasteiger partial charge in [0, 0.05) is 25.2 Å². The molecule has 1 saturated heterocycles. The van der Waals surface area contributed by atoms with Gasteiger partial charge in [0.2, 0.25) is 5.91 Å². The predicted molar refractivity (Wildman–Crippen MR) is 104 cm³/mol. The largest absolute Gasteiger partial charge is 0.342 e. The van der Waals surface area contributed by atoms with Crippen LogP contribution in [0.5, 0.6) is 0 Å². The monoisotopic (exact) mass is 378 g/mol. The van der Waals surface area contributed by atoms with Crippen LogP contribution >= 0.6 is 0 Å². The van der Waals surface area contributed by atoms with Gasteiger partial charge in [-0.05, 0) is 42.5 Å². The number of piperidine rings is 1. The van der Waals surface area contributed by atoms with Gasteiger partial charge in [-0.3, -0.25) is 9.36 Å². The van der Waals surface area contributed by atoms with E-state index in [9.17, 15) is 9.18 Å². The Labute approximate surface area is 163 Å². The van der Waals surface area contributed by atoms with E-state index >= 15 is 0 Å². The van der Waals surface area contributed by atoms with Crippen molar-refractivity contribution in [3.05, 3.63) is 78.1 Å². The average molecular weight is 378 g/mol. The molecule has 1 fully saturated rings. The van der Waals surface area contributed by atoms with Gasteiger partial charge in [-0.2, -0.15) is 0 Å². The fourth-order valence-corrected chi connectivity index (χ4v) is 3.84. The Morgan fingerprint density at radius 3 is 2.71 bits per heavy atom. The molecule has 0 spiro atoms. The highest BCUT2D eigenvalue weighted by Crippen LogP contribution is 2.22. The first-order valence-electron chi connectivity index (χ1n) is 9.66. The van der Waals surface area contributed by atoms with Crippen molar-refractivity contribution in [2.45, 2.75) is 25.7 Å². The molecule has 5 nitrogen and oxygen atoms in total. The molecule has 144 valence electrons. The van der Waals surface area contributed by atoms with E-state index in [1.54, 1.807) is 24.5 Å². The van der Waals surface area contributed by atoms with Crippen LogP contribution in [0.1, 0.15) is 24.2 Å². The summed E-state index contributed by atoms with van der Waals surface area (Å²) >= 11 is 0. The highest BCUT2D eigenvalue weighted by atomic mass is 19.1. The molecule has 0 aliphatic carbocycles. The van der Waals surface area contributed by atoms with Gasteiger partial charge in [-0.15, -0.1) is 10.2 Å². The van der Waals surface area contributed by atoms with Crippen molar-refractivity contribution in [3.8, 4) is 5.69 Å². The molecule has 28 heavy (non-hydrogen) atoms. The van der Waals surface area contributed by atoms with Gasteiger partial charge in [-0.25, -0.2) is 4.39 Å². The molecule has 1 unspecified atom stereocenters. The van der Waals surface area contributed by atoms with Crippen LogP contribution in [-0.2, 0) is 17.6 Å². The minimum Gasteiger partial charge on any atom is -0.342 e. The second-order valence-corrected chi connectivity index (χ2v) is 7.27. The summed E-state index contributed by atoms with van der Waals surface area (Å²) in [6.45, 7) is 1.41. The molecule has 1 amide bonds. The molecule has 1 atom stereocenters. The van der Waals surface area contributed by atoms with Crippen LogP contribution in [0.3, 0.4) is 0 Å². The van der Waals surface area contributed by atoms with Crippen LogP contribution in [0.25, 0.3) is 5.69 Å². The summed E-state index contributed by atoms with van der Waals surface area (Å²) in [5.41, 5.74) is 1.49. The lowest BCUT2D eigenvalue weighted by molar-refractivity contribution is -0.132. The van der Waals surface area contributed by atoms with Crippen LogP contribution in [0.4, 0.5) is 4.39 Å². The Balaban J connectivity index is 1.42. The van der Waals surface area contributed by atoms with Crippen LogP contribution in [0.2, 0.25) is 0 Å². The molecule has 4 rings (SSSR count). The number of hydrogen-bond donors (Lipinski definition) is 0. The number of para-hydroxylation sites is 1. The van der Waals surface area contributed by atoms with Crippen molar-refractivity contribution in [1.82, 2.24) is 19.7 Å². The summed E-state index contributed by atoms with van der Waals surface area (Å²) in [6, 6.07) is 16.5. The third-order valence-electron chi connectivity index (χ3n) is 5.30. The lowest BCUT2D eigenvalue weighted by Crippen LogP contribution is -2.41. The Kier molecular flexibility index (Phi) is 5.46. The van der Waals surface area contributed by atoms with E-state index in [-0.39, 0.29) is 18.1 Å². The summed E-state index contributed by atoms with van der Waals surface area (Å²) in [5, 5.41) is 8.37. The predicted octanol–water partition coefficient (Wildman–Crippen LogP) is 3.43. The van der Waals surface area contributed by atoms with Crippen LogP contribution in [-0.4, -0.2) is 38.7 Å². The number of benzene rings is 2. The fraction of sp³-hybridized carbons (Fsp3) is 0.318. The van der Waals surface area contributed by atoms with E-state index in [2.05, 4.69) is 10.2 Å². The minimum atomic E-state index is -0.319. The first kappa shape index (κ1) is 18.3.